The first-order chi connectivity index (χ1) is 8.32. The molecule has 2 heterocycles. The third-order valence-electron chi connectivity index (χ3n) is 3.84. The number of sulfone groups is 1. The van der Waals surface area contributed by atoms with Gasteiger partial charge in [-0.1, -0.05) is 6.42 Å². The predicted molar refractivity (Wildman–Crippen MR) is 67.9 cm³/mol. The summed E-state index contributed by atoms with van der Waals surface area (Å²) in [7, 11) is -3.28. The highest BCUT2D eigenvalue weighted by atomic mass is 32.2. The molecule has 0 spiro atoms. The summed E-state index contributed by atoms with van der Waals surface area (Å²) in [5.41, 5.74) is -0.883. The summed E-state index contributed by atoms with van der Waals surface area (Å²) in [5.74, 6) is -0.192. The van der Waals surface area contributed by atoms with E-state index in [1.165, 1.54) is 4.90 Å². The van der Waals surface area contributed by atoms with Crippen molar-refractivity contribution in [2.24, 2.45) is 0 Å². The summed E-state index contributed by atoms with van der Waals surface area (Å²) in [6.07, 6.45) is 3.27. The average molecular weight is 275 g/mol. The van der Waals surface area contributed by atoms with Crippen LogP contribution in [0.3, 0.4) is 0 Å². The van der Waals surface area contributed by atoms with Gasteiger partial charge in [0.15, 0.2) is 9.84 Å². The molecule has 2 unspecified atom stereocenters. The molecule has 2 saturated heterocycles. The van der Waals surface area contributed by atoms with Gasteiger partial charge in [0.25, 0.3) is 0 Å². The molecule has 0 radical (unpaired) electrons. The molecule has 0 saturated carbocycles. The van der Waals surface area contributed by atoms with Crippen molar-refractivity contribution >= 4 is 15.7 Å². The normalized spacial score (nSPS) is 36.3. The average Bonchev–Trinajstić information content (AvgIpc) is 2.26. The minimum Gasteiger partial charge on any atom is -0.388 e. The largest absolute Gasteiger partial charge is 0.388 e. The Morgan fingerprint density at radius 2 is 2.06 bits per heavy atom. The Bertz CT molecular complexity index is 429. The summed E-state index contributed by atoms with van der Waals surface area (Å²) in [4.78, 5) is 13.8. The molecule has 2 rings (SSSR count). The van der Waals surface area contributed by atoms with Gasteiger partial charge in [-0.15, -0.1) is 0 Å². The summed E-state index contributed by atoms with van der Waals surface area (Å²) in [6, 6.07) is 0. The van der Waals surface area contributed by atoms with Gasteiger partial charge in [0, 0.05) is 13.1 Å². The number of hydrogen-bond donors (Lipinski definition) is 1. The number of likely N-dealkylation sites (tertiary alicyclic amines) is 1. The van der Waals surface area contributed by atoms with Crippen LogP contribution in [0.4, 0.5) is 0 Å². The quantitative estimate of drug-likeness (QED) is 0.748. The molecule has 0 aromatic carbocycles. The van der Waals surface area contributed by atoms with Crippen LogP contribution in [0.25, 0.3) is 0 Å². The van der Waals surface area contributed by atoms with Gasteiger partial charge in [0.2, 0.25) is 5.91 Å². The molecule has 2 fully saturated rings. The third kappa shape index (κ3) is 2.85. The molecule has 2 atom stereocenters. The van der Waals surface area contributed by atoms with E-state index in [-0.39, 0.29) is 18.2 Å². The fourth-order valence-electron chi connectivity index (χ4n) is 2.84. The van der Waals surface area contributed by atoms with Crippen LogP contribution < -0.4 is 0 Å². The van der Waals surface area contributed by atoms with Crippen LogP contribution in [0.1, 0.15) is 39.0 Å². The van der Waals surface area contributed by atoms with Gasteiger partial charge in [-0.05, 0) is 32.6 Å². The van der Waals surface area contributed by atoms with Crippen molar-refractivity contribution < 1.29 is 18.3 Å². The van der Waals surface area contributed by atoms with Gasteiger partial charge in [0.05, 0.1) is 11.4 Å². The number of carbonyl (C=O) groups excluding carboxylic acids is 1. The van der Waals surface area contributed by atoms with E-state index < -0.39 is 20.7 Å². The Labute approximate surface area is 108 Å². The lowest BCUT2D eigenvalue weighted by atomic mass is 9.95. The number of carbonyl (C=O) groups is 1. The van der Waals surface area contributed by atoms with Crippen molar-refractivity contribution in [2.75, 3.05) is 18.8 Å². The summed E-state index contributed by atoms with van der Waals surface area (Å²) in [5, 5.41) is 9.10. The van der Waals surface area contributed by atoms with Crippen molar-refractivity contribution in [1.29, 1.82) is 0 Å². The molecular weight excluding hydrogens is 254 g/mol. The monoisotopic (exact) mass is 275 g/mol. The molecule has 2 aliphatic heterocycles. The zero-order chi connectivity index (χ0) is 13.4. The Hall–Kier alpha value is -0.620. The number of rotatable bonds is 1. The van der Waals surface area contributed by atoms with Gasteiger partial charge >= 0.3 is 0 Å². The second-order valence-electron chi connectivity index (χ2n) is 5.71. The van der Waals surface area contributed by atoms with E-state index >= 15 is 0 Å². The number of hydrogen-bond acceptors (Lipinski definition) is 4. The zero-order valence-corrected chi connectivity index (χ0v) is 11.6. The van der Waals surface area contributed by atoms with E-state index in [1.54, 1.807) is 6.92 Å². The highest BCUT2D eigenvalue weighted by Gasteiger charge is 2.40. The van der Waals surface area contributed by atoms with E-state index in [1.807, 2.05) is 0 Å². The van der Waals surface area contributed by atoms with Crippen LogP contribution in [0.15, 0.2) is 0 Å². The molecule has 1 N–H and O–H groups in total. The van der Waals surface area contributed by atoms with E-state index in [0.717, 1.165) is 12.8 Å². The molecule has 18 heavy (non-hydrogen) atoms. The molecule has 2 aliphatic rings. The highest BCUT2D eigenvalue weighted by molar-refractivity contribution is 7.92. The lowest BCUT2D eigenvalue weighted by molar-refractivity contribution is -0.137. The number of aliphatic hydroxyl groups is 1. The Morgan fingerprint density at radius 3 is 2.67 bits per heavy atom. The molecule has 5 nitrogen and oxygen atoms in total. The summed E-state index contributed by atoms with van der Waals surface area (Å²) < 4.78 is 23.8. The van der Waals surface area contributed by atoms with Crippen molar-refractivity contribution in [3.8, 4) is 0 Å². The van der Waals surface area contributed by atoms with Gasteiger partial charge < -0.3 is 10.0 Å². The maximum atomic E-state index is 12.3. The molecular formula is C12H21NO4S. The van der Waals surface area contributed by atoms with Crippen LogP contribution in [-0.4, -0.2) is 54.0 Å². The maximum Gasteiger partial charge on any atom is 0.241 e. The lowest BCUT2D eigenvalue weighted by Gasteiger charge is -2.38. The smallest absolute Gasteiger partial charge is 0.241 e. The Morgan fingerprint density at radius 1 is 1.33 bits per heavy atom. The fraction of sp³-hybridized carbons (Fsp3) is 0.917. The molecule has 6 heteroatoms. The minimum absolute atomic E-state index is 0.119. The van der Waals surface area contributed by atoms with Gasteiger partial charge in [0.1, 0.15) is 5.25 Å². The molecule has 0 aromatic heterocycles. The number of β-amino-alcohol motifs (C(OH)–C–C–N with tert-alkyl or cyclic N) is 1. The third-order valence-corrected chi connectivity index (χ3v) is 6.00. The first-order valence-electron chi connectivity index (χ1n) is 6.55. The Balaban J connectivity index is 2.11. The standard InChI is InChI=1S/C12H21NO4S/c1-12(15)6-4-7-13(9-12)11(14)10-5-2-3-8-18(10,16)17/h10,15H,2-9H2,1H3. The SMILES string of the molecule is CC1(O)CCCN(C(=O)C2CCCCS2(=O)=O)C1. The maximum absolute atomic E-state index is 12.3. The van der Waals surface area contributed by atoms with Crippen molar-refractivity contribution in [1.82, 2.24) is 4.90 Å². The zero-order valence-electron chi connectivity index (χ0n) is 10.8. The van der Waals surface area contributed by atoms with Crippen molar-refractivity contribution in [3.05, 3.63) is 0 Å². The van der Waals surface area contributed by atoms with E-state index in [0.29, 0.717) is 25.8 Å². The van der Waals surface area contributed by atoms with Crippen molar-refractivity contribution in [2.45, 2.75) is 49.9 Å². The van der Waals surface area contributed by atoms with Crippen LogP contribution in [0.5, 0.6) is 0 Å². The minimum atomic E-state index is -3.28. The van der Waals surface area contributed by atoms with Crippen LogP contribution in [0, 0.1) is 0 Å². The van der Waals surface area contributed by atoms with E-state index in [4.69, 9.17) is 0 Å². The van der Waals surface area contributed by atoms with Crippen LogP contribution >= 0.6 is 0 Å². The number of nitrogens with zero attached hydrogens (tertiary/aromatic N) is 1. The van der Waals surface area contributed by atoms with Gasteiger partial charge in [-0.3, -0.25) is 4.79 Å². The fourth-order valence-corrected chi connectivity index (χ4v) is 4.72. The van der Waals surface area contributed by atoms with Crippen LogP contribution in [-0.2, 0) is 14.6 Å². The molecule has 0 bridgehead atoms. The highest BCUT2D eigenvalue weighted by Crippen LogP contribution is 2.25. The number of amides is 1. The molecule has 1 amide bonds. The predicted octanol–water partition coefficient (Wildman–Crippen LogP) is 0.327. The topological polar surface area (TPSA) is 74.7 Å². The molecule has 0 aliphatic carbocycles. The number of piperidine rings is 1. The molecule has 0 aromatic rings. The summed E-state index contributed by atoms with van der Waals surface area (Å²) >= 11 is 0. The van der Waals surface area contributed by atoms with Crippen molar-refractivity contribution in [3.63, 3.8) is 0 Å². The van der Waals surface area contributed by atoms with Gasteiger partial charge in [-0.25, -0.2) is 8.42 Å². The molecule has 104 valence electrons. The van der Waals surface area contributed by atoms with Gasteiger partial charge in [-0.2, -0.15) is 0 Å². The second kappa shape index (κ2) is 4.81. The van der Waals surface area contributed by atoms with Crippen LogP contribution in [0.2, 0.25) is 0 Å². The first-order valence-corrected chi connectivity index (χ1v) is 8.26. The van der Waals surface area contributed by atoms with E-state index in [9.17, 15) is 18.3 Å². The Kier molecular flexibility index (Phi) is 3.69. The first kappa shape index (κ1) is 13.8. The van der Waals surface area contributed by atoms with E-state index in [2.05, 4.69) is 0 Å². The summed E-state index contributed by atoms with van der Waals surface area (Å²) in [6.45, 7) is 2.50. The lowest BCUT2D eigenvalue weighted by Crippen LogP contribution is -2.53. The second-order valence-corrected chi connectivity index (χ2v) is 8.01.